The summed E-state index contributed by atoms with van der Waals surface area (Å²) in [5.41, 5.74) is 0.776. The van der Waals surface area contributed by atoms with Gasteiger partial charge in [0.1, 0.15) is 6.23 Å². The van der Waals surface area contributed by atoms with Crippen LogP contribution < -0.4 is 5.32 Å². The molecule has 0 aliphatic rings. The summed E-state index contributed by atoms with van der Waals surface area (Å²) in [6, 6.07) is 9.34. The molecule has 108 valence electrons. The van der Waals surface area contributed by atoms with Crippen LogP contribution >= 0.6 is 0 Å². The minimum atomic E-state index is -0.644. The molecule has 1 unspecified atom stereocenters. The fraction of sp³-hybridized carbons (Fsp3) is 0.467. The van der Waals surface area contributed by atoms with Crippen molar-refractivity contribution in [2.75, 3.05) is 14.2 Å². The molecule has 1 aromatic carbocycles. The zero-order valence-corrected chi connectivity index (χ0v) is 12.3. The van der Waals surface area contributed by atoms with Gasteiger partial charge in [-0.15, -0.1) is 0 Å². The summed E-state index contributed by atoms with van der Waals surface area (Å²) in [6.45, 7) is 4.10. The number of nitrogens with zero attached hydrogens (tertiary/aromatic N) is 1. The molecule has 1 N–H and O–H groups in total. The first-order valence-corrected chi connectivity index (χ1v) is 6.29. The van der Waals surface area contributed by atoms with E-state index in [2.05, 4.69) is 16.1 Å². The number of carbonyl (C=O) groups is 1. The fourth-order valence-corrected chi connectivity index (χ4v) is 1.83. The summed E-state index contributed by atoms with van der Waals surface area (Å²) in [5, 5.41) is 12.3. The van der Waals surface area contributed by atoms with Gasteiger partial charge in [0, 0.05) is 13.7 Å². The highest BCUT2D eigenvalue weighted by molar-refractivity contribution is 5.89. The molecule has 0 radical (unpaired) electrons. The van der Waals surface area contributed by atoms with Gasteiger partial charge in [-0.2, -0.15) is 5.26 Å². The Morgan fingerprint density at radius 1 is 1.45 bits per heavy atom. The van der Waals surface area contributed by atoms with Crippen LogP contribution in [0, 0.1) is 16.7 Å². The maximum atomic E-state index is 11.5. The molecule has 0 amide bonds. The SMILES string of the molecule is COC(=O)c1cccc(CNC(OC)C(C)(C)C#N)c1. The molecule has 1 rings (SSSR count). The molecule has 20 heavy (non-hydrogen) atoms. The molecule has 1 atom stereocenters. The van der Waals surface area contributed by atoms with Crippen molar-refractivity contribution in [1.82, 2.24) is 5.32 Å². The Morgan fingerprint density at radius 3 is 2.70 bits per heavy atom. The second-order valence-electron chi connectivity index (χ2n) is 5.02. The smallest absolute Gasteiger partial charge is 0.337 e. The molecule has 0 saturated carbocycles. The van der Waals surface area contributed by atoms with Crippen LogP contribution in [0.5, 0.6) is 0 Å². The molecule has 0 aromatic heterocycles. The summed E-state index contributed by atoms with van der Waals surface area (Å²) < 4.78 is 9.98. The third-order valence-electron chi connectivity index (χ3n) is 3.02. The summed E-state index contributed by atoms with van der Waals surface area (Å²) in [6.07, 6.45) is -0.394. The van der Waals surface area contributed by atoms with Gasteiger partial charge in [0.05, 0.1) is 24.2 Å². The van der Waals surface area contributed by atoms with Crippen LogP contribution in [-0.2, 0) is 16.0 Å². The van der Waals surface area contributed by atoms with E-state index in [0.29, 0.717) is 12.1 Å². The van der Waals surface area contributed by atoms with Crippen molar-refractivity contribution in [2.45, 2.75) is 26.6 Å². The number of rotatable bonds is 6. The summed E-state index contributed by atoms with van der Waals surface area (Å²) >= 11 is 0. The highest BCUT2D eigenvalue weighted by Gasteiger charge is 2.29. The number of carbonyl (C=O) groups excluding carboxylic acids is 1. The van der Waals surface area contributed by atoms with Gasteiger partial charge in [0.25, 0.3) is 0 Å². The Bertz CT molecular complexity index is 506. The van der Waals surface area contributed by atoms with Gasteiger partial charge in [-0.05, 0) is 31.5 Å². The van der Waals surface area contributed by atoms with Crippen LogP contribution in [-0.4, -0.2) is 26.4 Å². The van der Waals surface area contributed by atoms with E-state index < -0.39 is 11.6 Å². The third-order valence-corrected chi connectivity index (χ3v) is 3.02. The minimum absolute atomic E-state index is 0.368. The molecular formula is C15H20N2O3. The third kappa shape index (κ3) is 4.05. The van der Waals surface area contributed by atoms with Gasteiger partial charge in [-0.25, -0.2) is 4.79 Å². The molecular weight excluding hydrogens is 256 g/mol. The second kappa shape index (κ2) is 7.04. The molecule has 0 saturated heterocycles. The minimum Gasteiger partial charge on any atom is -0.465 e. The topological polar surface area (TPSA) is 71.3 Å². The van der Waals surface area contributed by atoms with Gasteiger partial charge in [-0.1, -0.05) is 12.1 Å². The molecule has 5 heteroatoms. The summed E-state index contributed by atoms with van der Waals surface area (Å²) in [7, 11) is 2.91. The normalized spacial score (nSPS) is 12.6. The molecule has 0 aliphatic carbocycles. The molecule has 1 aromatic rings. The first kappa shape index (κ1) is 16.2. The van der Waals surface area contributed by atoms with E-state index in [1.165, 1.54) is 7.11 Å². The Balaban J connectivity index is 2.75. The van der Waals surface area contributed by atoms with Crippen LogP contribution in [0.25, 0.3) is 0 Å². The average molecular weight is 276 g/mol. The molecule has 5 nitrogen and oxygen atoms in total. The molecule has 0 spiro atoms. The zero-order chi connectivity index (χ0) is 15.2. The monoisotopic (exact) mass is 276 g/mol. The van der Waals surface area contributed by atoms with Crippen molar-refractivity contribution < 1.29 is 14.3 Å². The Labute approximate surface area is 119 Å². The summed E-state index contributed by atoms with van der Waals surface area (Å²) in [4.78, 5) is 11.5. The zero-order valence-electron chi connectivity index (χ0n) is 12.3. The van der Waals surface area contributed by atoms with E-state index >= 15 is 0 Å². The van der Waals surface area contributed by atoms with Gasteiger partial charge < -0.3 is 9.47 Å². The first-order chi connectivity index (χ1) is 9.44. The van der Waals surface area contributed by atoms with Crippen LogP contribution in [0.1, 0.15) is 29.8 Å². The predicted molar refractivity (Wildman–Crippen MR) is 74.8 cm³/mol. The second-order valence-corrected chi connectivity index (χ2v) is 5.02. The molecule has 0 heterocycles. The van der Waals surface area contributed by atoms with E-state index in [1.807, 2.05) is 6.07 Å². The van der Waals surface area contributed by atoms with Crippen molar-refractivity contribution in [3.63, 3.8) is 0 Å². The van der Waals surface area contributed by atoms with Gasteiger partial charge in [0.2, 0.25) is 0 Å². The van der Waals surface area contributed by atoms with Crippen LogP contribution in [0.2, 0.25) is 0 Å². The lowest BCUT2D eigenvalue weighted by Gasteiger charge is -2.27. The number of hydrogen-bond acceptors (Lipinski definition) is 5. The molecule has 0 bridgehead atoms. The van der Waals surface area contributed by atoms with Gasteiger partial charge >= 0.3 is 5.97 Å². The van der Waals surface area contributed by atoms with E-state index in [0.717, 1.165) is 5.56 Å². The standard InChI is InChI=1S/C15H20N2O3/c1-15(2,10-16)14(20-4)17-9-11-6-5-7-12(8-11)13(18)19-3/h5-8,14,17H,9H2,1-4H3. The van der Waals surface area contributed by atoms with Crippen LogP contribution in [0.4, 0.5) is 0 Å². The number of nitrogens with one attached hydrogen (secondary N) is 1. The highest BCUT2D eigenvalue weighted by Crippen LogP contribution is 2.20. The van der Waals surface area contributed by atoms with E-state index in [1.54, 1.807) is 39.2 Å². The maximum Gasteiger partial charge on any atom is 0.337 e. The van der Waals surface area contributed by atoms with Crippen molar-refractivity contribution in [2.24, 2.45) is 5.41 Å². The lowest BCUT2D eigenvalue weighted by molar-refractivity contribution is 0.00720. The van der Waals surface area contributed by atoms with Crippen LogP contribution in [0.3, 0.4) is 0 Å². The number of nitriles is 1. The van der Waals surface area contributed by atoms with Gasteiger partial charge in [0.15, 0.2) is 0 Å². The maximum absolute atomic E-state index is 11.5. The van der Waals surface area contributed by atoms with Crippen molar-refractivity contribution >= 4 is 5.97 Å². The lowest BCUT2D eigenvalue weighted by Crippen LogP contribution is -2.42. The first-order valence-electron chi connectivity index (χ1n) is 6.29. The number of hydrogen-bond donors (Lipinski definition) is 1. The Morgan fingerprint density at radius 2 is 2.15 bits per heavy atom. The Hall–Kier alpha value is -1.90. The van der Waals surface area contributed by atoms with Crippen molar-refractivity contribution in [3.8, 4) is 6.07 Å². The molecule has 0 aliphatic heterocycles. The number of methoxy groups -OCH3 is 2. The lowest BCUT2D eigenvalue weighted by atomic mass is 9.93. The number of ether oxygens (including phenoxy) is 2. The summed E-state index contributed by atoms with van der Waals surface area (Å²) in [5.74, 6) is -0.368. The Kier molecular flexibility index (Phi) is 5.68. The highest BCUT2D eigenvalue weighted by atomic mass is 16.5. The fourth-order valence-electron chi connectivity index (χ4n) is 1.83. The van der Waals surface area contributed by atoms with Crippen molar-refractivity contribution in [3.05, 3.63) is 35.4 Å². The number of esters is 1. The van der Waals surface area contributed by atoms with Crippen molar-refractivity contribution in [1.29, 1.82) is 5.26 Å². The largest absolute Gasteiger partial charge is 0.465 e. The van der Waals surface area contributed by atoms with E-state index in [4.69, 9.17) is 10.00 Å². The van der Waals surface area contributed by atoms with Crippen LogP contribution in [0.15, 0.2) is 24.3 Å². The number of benzene rings is 1. The molecule has 0 fully saturated rings. The van der Waals surface area contributed by atoms with Gasteiger partial charge in [-0.3, -0.25) is 5.32 Å². The van der Waals surface area contributed by atoms with E-state index in [-0.39, 0.29) is 5.97 Å². The average Bonchev–Trinajstić information content (AvgIpc) is 2.47. The predicted octanol–water partition coefficient (Wildman–Crippen LogP) is 2.09. The quantitative estimate of drug-likeness (QED) is 0.636. The van der Waals surface area contributed by atoms with E-state index in [9.17, 15) is 4.79 Å².